The lowest BCUT2D eigenvalue weighted by molar-refractivity contribution is -0.169. The molecule has 0 bridgehead atoms. The van der Waals surface area contributed by atoms with Crippen LogP contribution < -0.4 is 0 Å². The van der Waals surface area contributed by atoms with Crippen LogP contribution in [-0.4, -0.2) is 45.9 Å². The van der Waals surface area contributed by atoms with Crippen molar-refractivity contribution in [2.75, 3.05) is 39.6 Å². The van der Waals surface area contributed by atoms with Crippen molar-refractivity contribution in [3.63, 3.8) is 0 Å². The molecule has 0 aliphatic carbocycles. The van der Waals surface area contributed by atoms with Gasteiger partial charge < -0.3 is 18.9 Å². The molecule has 0 aromatic carbocycles. The second-order valence-corrected chi connectivity index (χ2v) is 4.25. The highest BCUT2D eigenvalue weighted by atomic mass is 16.7. The quantitative estimate of drug-likeness (QED) is 0.555. The number of hydrogen-bond acceptors (Lipinski definition) is 4. The molecule has 0 saturated carbocycles. The molecular formula is C13H26O4. The van der Waals surface area contributed by atoms with Crippen molar-refractivity contribution >= 4 is 0 Å². The first-order valence-corrected chi connectivity index (χ1v) is 6.82. The number of unbranched alkanes of at least 4 members (excludes halogenated alkanes) is 1. The molecule has 0 unspecified atom stereocenters. The van der Waals surface area contributed by atoms with Gasteiger partial charge in [-0.15, -0.1) is 0 Å². The summed E-state index contributed by atoms with van der Waals surface area (Å²) in [6.07, 6.45) is 5.67. The normalized spacial score (nSPS) is 20.6. The summed E-state index contributed by atoms with van der Waals surface area (Å²) in [5.41, 5.74) is 0. The molecule has 1 rings (SSSR count). The first kappa shape index (κ1) is 14.9. The molecule has 4 nitrogen and oxygen atoms in total. The largest absolute Gasteiger partial charge is 0.379 e. The van der Waals surface area contributed by atoms with Crippen molar-refractivity contribution < 1.29 is 18.9 Å². The van der Waals surface area contributed by atoms with Gasteiger partial charge >= 0.3 is 0 Å². The minimum absolute atomic E-state index is 0.00634. The first-order valence-electron chi connectivity index (χ1n) is 6.82. The lowest BCUT2D eigenvalue weighted by Crippen LogP contribution is -2.24. The standard InChI is InChI=1S/C13H26O4/c1-2-3-7-14-9-10-15-11-12-17-13-6-4-5-8-16-13/h13H,2-12H2,1H3/t13-/m0/s1. The van der Waals surface area contributed by atoms with Gasteiger partial charge in [0.1, 0.15) is 0 Å². The third-order valence-corrected chi connectivity index (χ3v) is 2.68. The van der Waals surface area contributed by atoms with Crippen LogP contribution in [0.2, 0.25) is 0 Å². The smallest absolute Gasteiger partial charge is 0.157 e. The number of hydrogen-bond donors (Lipinski definition) is 0. The molecule has 0 N–H and O–H groups in total. The Morgan fingerprint density at radius 1 is 1.00 bits per heavy atom. The van der Waals surface area contributed by atoms with Crippen LogP contribution in [0.25, 0.3) is 0 Å². The van der Waals surface area contributed by atoms with E-state index in [0.29, 0.717) is 26.4 Å². The van der Waals surface area contributed by atoms with Crippen LogP contribution in [0.3, 0.4) is 0 Å². The average Bonchev–Trinajstić information content (AvgIpc) is 2.38. The SMILES string of the molecule is CCCCOCCOCCO[C@H]1CCCCO1. The van der Waals surface area contributed by atoms with Crippen LogP contribution in [-0.2, 0) is 18.9 Å². The summed E-state index contributed by atoms with van der Waals surface area (Å²) in [4.78, 5) is 0. The van der Waals surface area contributed by atoms with Crippen molar-refractivity contribution in [1.82, 2.24) is 0 Å². The molecule has 0 aromatic heterocycles. The van der Waals surface area contributed by atoms with E-state index in [1.54, 1.807) is 0 Å². The van der Waals surface area contributed by atoms with Gasteiger partial charge in [0.2, 0.25) is 0 Å². The summed E-state index contributed by atoms with van der Waals surface area (Å²) in [5.74, 6) is 0. The minimum atomic E-state index is -0.00634. The maximum atomic E-state index is 5.54. The van der Waals surface area contributed by atoms with E-state index >= 15 is 0 Å². The Morgan fingerprint density at radius 2 is 1.76 bits per heavy atom. The molecule has 17 heavy (non-hydrogen) atoms. The highest BCUT2D eigenvalue weighted by Gasteiger charge is 2.13. The molecule has 1 saturated heterocycles. The number of rotatable bonds is 10. The maximum Gasteiger partial charge on any atom is 0.157 e. The molecule has 1 aliphatic rings. The summed E-state index contributed by atoms with van der Waals surface area (Å²) in [7, 11) is 0. The van der Waals surface area contributed by atoms with Gasteiger partial charge in [-0.3, -0.25) is 0 Å². The second-order valence-electron chi connectivity index (χ2n) is 4.25. The molecule has 0 spiro atoms. The maximum absolute atomic E-state index is 5.54. The monoisotopic (exact) mass is 246 g/mol. The fraction of sp³-hybridized carbons (Fsp3) is 1.00. The zero-order chi connectivity index (χ0) is 12.2. The van der Waals surface area contributed by atoms with Crippen molar-refractivity contribution in [2.24, 2.45) is 0 Å². The summed E-state index contributed by atoms with van der Waals surface area (Å²) in [5, 5.41) is 0. The van der Waals surface area contributed by atoms with Crippen molar-refractivity contribution in [3.8, 4) is 0 Å². The van der Waals surface area contributed by atoms with E-state index < -0.39 is 0 Å². The molecule has 0 amide bonds. The van der Waals surface area contributed by atoms with Crippen molar-refractivity contribution in [3.05, 3.63) is 0 Å². The van der Waals surface area contributed by atoms with Gasteiger partial charge in [0.05, 0.1) is 26.4 Å². The van der Waals surface area contributed by atoms with Crippen LogP contribution in [0.5, 0.6) is 0 Å². The fourth-order valence-electron chi connectivity index (χ4n) is 1.65. The predicted molar refractivity (Wildman–Crippen MR) is 66.1 cm³/mol. The summed E-state index contributed by atoms with van der Waals surface area (Å²) >= 11 is 0. The highest BCUT2D eigenvalue weighted by Crippen LogP contribution is 2.13. The Labute approximate surface area is 105 Å². The van der Waals surface area contributed by atoms with E-state index in [0.717, 1.165) is 32.5 Å². The summed E-state index contributed by atoms with van der Waals surface area (Å²) in [6.45, 7) is 6.39. The van der Waals surface area contributed by atoms with E-state index in [2.05, 4.69) is 6.92 Å². The Bertz CT molecular complexity index is 157. The van der Waals surface area contributed by atoms with Crippen LogP contribution in [0.15, 0.2) is 0 Å². The molecule has 102 valence electrons. The molecule has 1 fully saturated rings. The first-order chi connectivity index (χ1) is 8.43. The average molecular weight is 246 g/mol. The van der Waals surface area contributed by atoms with E-state index in [-0.39, 0.29) is 6.29 Å². The van der Waals surface area contributed by atoms with Gasteiger partial charge in [-0.25, -0.2) is 0 Å². The molecule has 1 atom stereocenters. The zero-order valence-corrected chi connectivity index (χ0v) is 11.0. The van der Waals surface area contributed by atoms with Gasteiger partial charge in [0.25, 0.3) is 0 Å². The van der Waals surface area contributed by atoms with E-state index in [1.165, 1.54) is 12.8 Å². The van der Waals surface area contributed by atoms with Gasteiger partial charge in [-0.2, -0.15) is 0 Å². The van der Waals surface area contributed by atoms with Gasteiger partial charge in [0.15, 0.2) is 6.29 Å². The molecule has 0 radical (unpaired) electrons. The number of ether oxygens (including phenoxy) is 4. The van der Waals surface area contributed by atoms with E-state index in [9.17, 15) is 0 Å². The molecule has 4 heteroatoms. The molecule has 0 aromatic rings. The fourth-order valence-corrected chi connectivity index (χ4v) is 1.65. The van der Waals surface area contributed by atoms with Crippen molar-refractivity contribution in [2.45, 2.75) is 45.3 Å². The van der Waals surface area contributed by atoms with Gasteiger partial charge in [0, 0.05) is 13.2 Å². The Kier molecular flexibility index (Phi) is 9.61. The Morgan fingerprint density at radius 3 is 2.47 bits per heavy atom. The van der Waals surface area contributed by atoms with Crippen LogP contribution >= 0.6 is 0 Å². The lowest BCUT2D eigenvalue weighted by Gasteiger charge is -2.22. The van der Waals surface area contributed by atoms with Crippen LogP contribution in [0.4, 0.5) is 0 Å². The molecule has 1 heterocycles. The molecular weight excluding hydrogens is 220 g/mol. The zero-order valence-electron chi connectivity index (χ0n) is 11.0. The second kappa shape index (κ2) is 11.0. The van der Waals surface area contributed by atoms with Gasteiger partial charge in [-0.1, -0.05) is 13.3 Å². The van der Waals surface area contributed by atoms with Crippen LogP contribution in [0.1, 0.15) is 39.0 Å². The Balaban J connectivity index is 1.75. The predicted octanol–water partition coefficient (Wildman–Crippen LogP) is 2.36. The van der Waals surface area contributed by atoms with Gasteiger partial charge in [-0.05, 0) is 25.7 Å². The summed E-state index contributed by atoms with van der Waals surface area (Å²) < 4.78 is 21.8. The van der Waals surface area contributed by atoms with Crippen LogP contribution in [0, 0.1) is 0 Å². The minimum Gasteiger partial charge on any atom is -0.379 e. The molecule has 1 aliphatic heterocycles. The lowest BCUT2D eigenvalue weighted by atomic mass is 10.2. The van der Waals surface area contributed by atoms with E-state index in [1.807, 2.05) is 0 Å². The topological polar surface area (TPSA) is 36.9 Å². The third-order valence-electron chi connectivity index (χ3n) is 2.68. The Hall–Kier alpha value is -0.160. The van der Waals surface area contributed by atoms with E-state index in [4.69, 9.17) is 18.9 Å². The third kappa shape index (κ3) is 8.55. The highest BCUT2D eigenvalue weighted by molar-refractivity contribution is 4.53. The van der Waals surface area contributed by atoms with Crippen molar-refractivity contribution in [1.29, 1.82) is 0 Å². The summed E-state index contributed by atoms with van der Waals surface area (Å²) in [6, 6.07) is 0.